The van der Waals surface area contributed by atoms with Gasteiger partial charge in [-0.15, -0.1) is 0 Å². The van der Waals surface area contributed by atoms with Gasteiger partial charge in [0.15, 0.2) is 0 Å². The lowest BCUT2D eigenvalue weighted by Gasteiger charge is -2.00. The Bertz CT molecular complexity index is 385. The van der Waals surface area contributed by atoms with Gasteiger partial charge in [0.05, 0.1) is 5.52 Å². The number of rotatable bonds is 0. The van der Waals surface area contributed by atoms with Crippen LogP contribution in [0.3, 0.4) is 0 Å². The van der Waals surface area contributed by atoms with Crippen molar-refractivity contribution < 1.29 is 0 Å². The minimum absolute atomic E-state index is 0.746. The SMILES string of the molecule is Nc1cc2cccnc2cc1Br. The first kappa shape index (κ1) is 7.55. The minimum atomic E-state index is 0.746. The van der Waals surface area contributed by atoms with Crippen LogP contribution in [0.2, 0.25) is 0 Å². The van der Waals surface area contributed by atoms with Crippen LogP contribution in [0.4, 0.5) is 5.69 Å². The molecule has 2 N–H and O–H groups in total. The van der Waals surface area contributed by atoms with Crippen LogP contribution in [0.1, 0.15) is 0 Å². The topological polar surface area (TPSA) is 38.9 Å². The van der Waals surface area contributed by atoms with E-state index in [1.165, 1.54) is 0 Å². The molecule has 3 heteroatoms. The van der Waals surface area contributed by atoms with Crippen molar-refractivity contribution in [3.63, 3.8) is 0 Å². The summed E-state index contributed by atoms with van der Waals surface area (Å²) in [6.07, 6.45) is 1.77. The standard InChI is InChI=1S/C9H7BrN2/c10-7-5-9-6(4-8(7)11)2-1-3-12-9/h1-5H,11H2. The minimum Gasteiger partial charge on any atom is -0.398 e. The van der Waals surface area contributed by atoms with Crippen molar-refractivity contribution in [3.05, 3.63) is 34.9 Å². The van der Waals surface area contributed by atoms with Gasteiger partial charge < -0.3 is 5.73 Å². The molecule has 2 aromatic rings. The number of benzene rings is 1. The van der Waals surface area contributed by atoms with E-state index in [0.29, 0.717) is 0 Å². The summed E-state index contributed by atoms with van der Waals surface area (Å²) in [4.78, 5) is 4.20. The van der Waals surface area contributed by atoms with Crippen LogP contribution in [0.5, 0.6) is 0 Å². The van der Waals surface area contributed by atoms with Gasteiger partial charge in [0.25, 0.3) is 0 Å². The Morgan fingerprint density at radius 2 is 2.17 bits per heavy atom. The normalized spacial score (nSPS) is 10.4. The molecule has 2 rings (SSSR count). The van der Waals surface area contributed by atoms with E-state index in [2.05, 4.69) is 20.9 Å². The van der Waals surface area contributed by atoms with Crippen LogP contribution in [0, 0.1) is 0 Å². The van der Waals surface area contributed by atoms with Crippen molar-refractivity contribution in [2.75, 3.05) is 5.73 Å². The summed E-state index contributed by atoms with van der Waals surface area (Å²) in [5, 5.41) is 1.07. The second kappa shape index (κ2) is 2.75. The zero-order chi connectivity index (χ0) is 8.55. The molecule has 0 aliphatic heterocycles. The molecule has 0 saturated carbocycles. The number of nitrogens with zero attached hydrogens (tertiary/aromatic N) is 1. The van der Waals surface area contributed by atoms with Crippen LogP contribution in [0.25, 0.3) is 10.9 Å². The second-order valence-corrected chi connectivity index (χ2v) is 3.42. The summed E-state index contributed by atoms with van der Waals surface area (Å²) in [5.74, 6) is 0. The maximum absolute atomic E-state index is 5.71. The molecule has 0 amide bonds. The molecular formula is C9H7BrN2. The third kappa shape index (κ3) is 1.16. The van der Waals surface area contributed by atoms with Crippen LogP contribution in [-0.4, -0.2) is 4.98 Å². The average molecular weight is 223 g/mol. The monoisotopic (exact) mass is 222 g/mol. The maximum Gasteiger partial charge on any atom is 0.0714 e. The highest BCUT2D eigenvalue weighted by molar-refractivity contribution is 9.10. The number of anilines is 1. The second-order valence-electron chi connectivity index (χ2n) is 2.57. The molecule has 2 nitrogen and oxygen atoms in total. The van der Waals surface area contributed by atoms with Gasteiger partial charge in [-0.1, -0.05) is 6.07 Å². The molecule has 0 unspecified atom stereocenters. The maximum atomic E-state index is 5.71. The summed E-state index contributed by atoms with van der Waals surface area (Å²) in [5.41, 5.74) is 7.41. The third-order valence-electron chi connectivity index (χ3n) is 1.72. The van der Waals surface area contributed by atoms with E-state index in [1.807, 2.05) is 24.3 Å². The highest BCUT2D eigenvalue weighted by atomic mass is 79.9. The lowest BCUT2D eigenvalue weighted by atomic mass is 10.2. The molecule has 12 heavy (non-hydrogen) atoms. The largest absolute Gasteiger partial charge is 0.398 e. The van der Waals surface area contributed by atoms with Crippen LogP contribution < -0.4 is 5.73 Å². The summed E-state index contributed by atoms with van der Waals surface area (Å²) in [6, 6.07) is 7.72. The lowest BCUT2D eigenvalue weighted by Crippen LogP contribution is -1.87. The molecule has 0 bridgehead atoms. The first-order chi connectivity index (χ1) is 5.77. The van der Waals surface area contributed by atoms with Crippen molar-refractivity contribution in [1.82, 2.24) is 4.98 Å². The van der Waals surface area contributed by atoms with Gasteiger partial charge in [0.1, 0.15) is 0 Å². The smallest absolute Gasteiger partial charge is 0.0714 e. The number of hydrogen-bond acceptors (Lipinski definition) is 2. The van der Waals surface area contributed by atoms with E-state index in [9.17, 15) is 0 Å². The Labute approximate surface area is 78.5 Å². The fourth-order valence-electron chi connectivity index (χ4n) is 1.11. The van der Waals surface area contributed by atoms with Crippen molar-refractivity contribution in [2.24, 2.45) is 0 Å². The molecule has 0 aliphatic carbocycles. The first-order valence-electron chi connectivity index (χ1n) is 3.57. The van der Waals surface area contributed by atoms with Crippen molar-refractivity contribution >= 4 is 32.5 Å². The van der Waals surface area contributed by atoms with Crippen molar-refractivity contribution in [1.29, 1.82) is 0 Å². The van der Waals surface area contributed by atoms with Crippen LogP contribution in [0.15, 0.2) is 34.9 Å². The molecule has 60 valence electrons. The number of fused-ring (bicyclic) bond motifs is 1. The number of nitrogen functional groups attached to an aromatic ring is 1. The van der Waals surface area contributed by atoms with Crippen molar-refractivity contribution in [2.45, 2.75) is 0 Å². The Morgan fingerprint density at radius 1 is 1.33 bits per heavy atom. The lowest BCUT2D eigenvalue weighted by molar-refractivity contribution is 1.41. The molecule has 0 radical (unpaired) electrons. The summed E-state index contributed by atoms with van der Waals surface area (Å²) in [6.45, 7) is 0. The van der Waals surface area contributed by atoms with E-state index >= 15 is 0 Å². The number of hydrogen-bond donors (Lipinski definition) is 1. The van der Waals surface area contributed by atoms with E-state index in [0.717, 1.165) is 21.1 Å². The molecule has 0 atom stereocenters. The molecule has 1 aromatic carbocycles. The number of aromatic nitrogens is 1. The van der Waals surface area contributed by atoms with E-state index in [4.69, 9.17) is 5.73 Å². The first-order valence-corrected chi connectivity index (χ1v) is 4.36. The van der Waals surface area contributed by atoms with Gasteiger partial charge in [-0.2, -0.15) is 0 Å². The summed E-state index contributed by atoms with van der Waals surface area (Å²) < 4.78 is 0.897. The molecule has 0 fully saturated rings. The van der Waals surface area contributed by atoms with Crippen molar-refractivity contribution in [3.8, 4) is 0 Å². The van der Waals surface area contributed by atoms with Gasteiger partial charge >= 0.3 is 0 Å². The van der Waals surface area contributed by atoms with Gasteiger partial charge in [-0.05, 0) is 34.1 Å². The van der Waals surface area contributed by atoms with Gasteiger partial charge in [0, 0.05) is 21.7 Å². The molecular weight excluding hydrogens is 216 g/mol. The molecule has 0 spiro atoms. The number of halogens is 1. The Hall–Kier alpha value is -1.09. The Balaban J connectivity index is 2.84. The predicted molar refractivity (Wildman–Crippen MR) is 53.9 cm³/mol. The summed E-state index contributed by atoms with van der Waals surface area (Å²) in [7, 11) is 0. The Morgan fingerprint density at radius 3 is 3.00 bits per heavy atom. The molecule has 1 heterocycles. The van der Waals surface area contributed by atoms with Gasteiger partial charge in [-0.3, -0.25) is 4.98 Å². The zero-order valence-corrected chi connectivity index (χ0v) is 7.88. The summed E-state index contributed by atoms with van der Waals surface area (Å²) >= 11 is 3.35. The van der Waals surface area contributed by atoms with Gasteiger partial charge in [0.2, 0.25) is 0 Å². The fourth-order valence-corrected chi connectivity index (χ4v) is 1.44. The average Bonchev–Trinajstić information content (AvgIpc) is 2.07. The third-order valence-corrected chi connectivity index (χ3v) is 2.41. The quantitative estimate of drug-likeness (QED) is 0.697. The highest BCUT2D eigenvalue weighted by Crippen LogP contribution is 2.24. The fraction of sp³-hybridized carbons (Fsp3) is 0. The van der Waals surface area contributed by atoms with E-state index in [-0.39, 0.29) is 0 Å². The van der Waals surface area contributed by atoms with Crippen LogP contribution >= 0.6 is 15.9 Å². The number of nitrogens with two attached hydrogens (primary N) is 1. The molecule has 1 aromatic heterocycles. The molecule has 0 aliphatic rings. The molecule has 0 saturated heterocycles. The van der Waals surface area contributed by atoms with Gasteiger partial charge in [-0.25, -0.2) is 0 Å². The van der Waals surface area contributed by atoms with E-state index < -0.39 is 0 Å². The highest BCUT2D eigenvalue weighted by Gasteiger charge is 1.98. The van der Waals surface area contributed by atoms with Crippen LogP contribution in [-0.2, 0) is 0 Å². The Kier molecular flexibility index (Phi) is 1.73. The predicted octanol–water partition coefficient (Wildman–Crippen LogP) is 2.58. The number of pyridine rings is 1. The van der Waals surface area contributed by atoms with E-state index in [1.54, 1.807) is 6.20 Å². The zero-order valence-electron chi connectivity index (χ0n) is 6.29.